The van der Waals surface area contributed by atoms with Gasteiger partial charge in [0.1, 0.15) is 5.82 Å². The monoisotopic (exact) mass is 345 g/mol. The second kappa shape index (κ2) is 7.79. The summed E-state index contributed by atoms with van der Waals surface area (Å²) in [6.45, 7) is 2.67. The lowest BCUT2D eigenvalue weighted by Gasteiger charge is -2.18. The molecule has 1 aromatic heterocycles. The number of rotatable bonds is 5. The number of halogens is 1. The minimum absolute atomic E-state index is 0.252. The van der Waals surface area contributed by atoms with Crippen molar-refractivity contribution < 1.29 is 4.39 Å². The number of hydrogen-bond donors (Lipinski definition) is 0. The number of aromatic nitrogens is 1. The number of nitrogens with zero attached hydrogens (tertiary/aromatic N) is 3. The van der Waals surface area contributed by atoms with E-state index in [1.54, 1.807) is 12.1 Å². The molecule has 0 unspecified atom stereocenters. The Morgan fingerprint density at radius 2 is 1.62 bits per heavy atom. The standard InChI is InChI=1S/C22H20FN3/c1-16-14-19(15-22(25-16)18-4-8-20(23)9-5-18)17-6-10-21(11-7-17)26(2)13-3-12-24/h4-11,14-15H,3,13H2,1-2H3. The van der Waals surface area contributed by atoms with E-state index in [1.807, 2.05) is 26.1 Å². The minimum atomic E-state index is -0.252. The molecule has 3 rings (SSSR count). The van der Waals surface area contributed by atoms with Crippen LogP contribution in [0.4, 0.5) is 10.1 Å². The zero-order valence-electron chi connectivity index (χ0n) is 14.9. The third kappa shape index (κ3) is 4.07. The van der Waals surface area contributed by atoms with Crippen molar-refractivity contribution in [2.45, 2.75) is 13.3 Å². The van der Waals surface area contributed by atoms with E-state index in [-0.39, 0.29) is 5.82 Å². The quantitative estimate of drug-likeness (QED) is 0.637. The maximum absolute atomic E-state index is 13.2. The van der Waals surface area contributed by atoms with E-state index in [2.05, 4.69) is 40.2 Å². The number of aryl methyl sites for hydroxylation is 1. The van der Waals surface area contributed by atoms with E-state index in [4.69, 9.17) is 5.26 Å². The molecule has 130 valence electrons. The Hall–Kier alpha value is -3.19. The van der Waals surface area contributed by atoms with Gasteiger partial charge in [-0.1, -0.05) is 12.1 Å². The lowest BCUT2D eigenvalue weighted by Crippen LogP contribution is -2.17. The number of pyridine rings is 1. The molecular weight excluding hydrogens is 325 g/mol. The molecule has 26 heavy (non-hydrogen) atoms. The molecule has 0 N–H and O–H groups in total. The van der Waals surface area contributed by atoms with Crippen LogP contribution in [0.25, 0.3) is 22.4 Å². The Kier molecular flexibility index (Phi) is 5.28. The number of anilines is 1. The second-order valence-electron chi connectivity index (χ2n) is 6.27. The van der Waals surface area contributed by atoms with Gasteiger partial charge in [0, 0.05) is 30.5 Å². The Labute approximate surface area is 153 Å². The summed E-state index contributed by atoms with van der Waals surface area (Å²) in [5.41, 5.74) is 5.88. The summed E-state index contributed by atoms with van der Waals surface area (Å²) in [4.78, 5) is 6.64. The van der Waals surface area contributed by atoms with Gasteiger partial charge >= 0.3 is 0 Å². The first kappa shape index (κ1) is 17.6. The molecule has 1 heterocycles. The highest BCUT2D eigenvalue weighted by molar-refractivity contribution is 5.72. The minimum Gasteiger partial charge on any atom is -0.374 e. The van der Waals surface area contributed by atoms with Crippen molar-refractivity contribution in [1.82, 2.24) is 4.98 Å². The van der Waals surface area contributed by atoms with Gasteiger partial charge in [-0.3, -0.25) is 4.98 Å². The Morgan fingerprint density at radius 3 is 2.27 bits per heavy atom. The van der Waals surface area contributed by atoms with E-state index >= 15 is 0 Å². The zero-order chi connectivity index (χ0) is 18.5. The summed E-state index contributed by atoms with van der Waals surface area (Å²) in [6.07, 6.45) is 0.503. The van der Waals surface area contributed by atoms with E-state index in [0.29, 0.717) is 13.0 Å². The summed E-state index contributed by atoms with van der Waals surface area (Å²) in [5.74, 6) is -0.252. The molecule has 0 saturated carbocycles. The van der Waals surface area contributed by atoms with E-state index in [0.717, 1.165) is 33.8 Å². The molecule has 0 atom stereocenters. The maximum Gasteiger partial charge on any atom is 0.123 e. The van der Waals surface area contributed by atoms with Crippen molar-refractivity contribution in [3.8, 4) is 28.5 Å². The average Bonchev–Trinajstić information content (AvgIpc) is 2.66. The highest BCUT2D eigenvalue weighted by atomic mass is 19.1. The molecule has 2 aromatic carbocycles. The fraction of sp³-hybridized carbons (Fsp3) is 0.182. The van der Waals surface area contributed by atoms with Crippen molar-refractivity contribution in [1.29, 1.82) is 5.26 Å². The predicted octanol–water partition coefficient (Wildman–Crippen LogP) is 5.21. The summed E-state index contributed by atoms with van der Waals surface area (Å²) in [5, 5.41) is 8.71. The first-order valence-electron chi connectivity index (χ1n) is 8.50. The summed E-state index contributed by atoms with van der Waals surface area (Å²) in [7, 11) is 1.98. The third-order valence-electron chi connectivity index (χ3n) is 4.29. The Bertz CT molecular complexity index is 925. The summed E-state index contributed by atoms with van der Waals surface area (Å²) < 4.78 is 13.2. The number of hydrogen-bond acceptors (Lipinski definition) is 3. The van der Waals surface area contributed by atoms with Crippen LogP contribution in [0.15, 0.2) is 60.7 Å². The molecular formula is C22H20FN3. The predicted molar refractivity (Wildman–Crippen MR) is 103 cm³/mol. The highest BCUT2D eigenvalue weighted by Gasteiger charge is 2.07. The number of nitriles is 1. The van der Waals surface area contributed by atoms with Crippen molar-refractivity contribution in [3.63, 3.8) is 0 Å². The van der Waals surface area contributed by atoms with Gasteiger partial charge in [-0.2, -0.15) is 5.26 Å². The molecule has 0 bridgehead atoms. The maximum atomic E-state index is 13.2. The van der Waals surface area contributed by atoms with Crippen molar-refractivity contribution in [3.05, 3.63) is 72.2 Å². The molecule has 0 radical (unpaired) electrons. The fourth-order valence-corrected chi connectivity index (χ4v) is 2.86. The molecule has 3 nitrogen and oxygen atoms in total. The lowest BCUT2D eigenvalue weighted by molar-refractivity contribution is 0.628. The summed E-state index contributed by atoms with van der Waals surface area (Å²) >= 11 is 0. The van der Waals surface area contributed by atoms with Crippen LogP contribution >= 0.6 is 0 Å². The fourth-order valence-electron chi connectivity index (χ4n) is 2.86. The van der Waals surface area contributed by atoms with Gasteiger partial charge in [-0.15, -0.1) is 0 Å². The lowest BCUT2D eigenvalue weighted by atomic mass is 10.0. The van der Waals surface area contributed by atoms with Crippen LogP contribution in [0, 0.1) is 24.1 Å². The highest BCUT2D eigenvalue weighted by Crippen LogP contribution is 2.27. The Balaban J connectivity index is 1.89. The van der Waals surface area contributed by atoms with Crippen molar-refractivity contribution in [2.75, 3.05) is 18.5 Å². The second-order valence-corrected chi connectivity index (χ2v) is 6.27. The molecule has 3 aromatic rings. The Morgan fingerprint density at radius 1 is 0.962 bits per heavy atom. The normalized spacial score (nSPS) is 10.4. The molecule has 0 aliphatic carbocycles. The largest absolute Gasteiger partial charge is 0.374 e. The van der Waals surface area contributed by atoms with E-state index in [9.17, 15) is 4.39 Å². The van der Waals surface area contributed by atoms with Gasteiger partial charge in [-0.05, 0) is 66.6 Å². The van der Waals surface area contributed by atoms with Gasteiger partial charge in [-0.25, -0.2) is 4.39 Å². The SMILES string of the molecule is Cc1cc(-c2ccc(N(C)CCC#N)cc2)cc(-c2ccc(F)cc2)n1. The molecule has 0 saturated heterocycles. The third-order valence-corrected chi connectivity index (χ3v) is 4.29. The van der Waals surface area contributed by atoms with Gasteiger partial charge in [0.05, 0.1) is 18.2 Å². The summed E-state index contributed by atoms with van der Waals surface area (Å²) in [6, 6.07) is 20.9. The van der Waals surface area contributed by atoms with E-state index < -0.39 is 0 Å². The van der Waals surface area contributed by atoms with Crippen LogP contribution in [0.2, 0.25) is 0 Å². The van der Waals surface area contributed by atoms with Gasteiger partial charge < -0.3 is 4.90 Å². The molecule has 4 heteroatoms. The number of benzene rings is 2. The van der Waals surface area contributed by atoms with Crippen LogP contribution in [0.3, 0.4) is 0 Å². The van der Waals surface area contributed by atoms with Crippen LogP contribution in [0.1, 0.15) is 12.1 Å². The van der Waals surface area contributed by atoms with Gasteiger partial charge in [0.15, 0.2) is 0 Å². The molecule has 0 spiro atoms. The molecule has 0 aliphatic rings. The zero-order valence-corrected chi connectivity index (χ0v) is 14.9. The van der Waals surface area contributed by atoms with Crippen LogP contribution in [-0.4, -0.2) is 18.6 Å². The van der Waals surface area contributed by atoms with Crippen molar-refractivity contribution in [2.24, 2.45) is 0 Å². The van der Waals surface area contributed by atoms with Crippen molar-refractivity contribution >= 4 is 5.69 Å². The first-order valence-corrected chi connectivity index (χ1v) is 8.50. The first-order chi connectivity index (χ1) is 12.6. The van der Waals surface area contributed by atoms with Gasteiger partial charge in [0.25, 0.3) is 0 Å². The van der Waals surface area contributed by atoms with Crippen LogP contribution in [0.5, 0.6) is 0 Å². The average molecular weight is 345 g/mol. The molecule has 0 fully saturated rings. The molecule has 0 aliphatic heterocycles. The van der Waals surface area contributed by atoms with Gasteiger partial charge in [0.2, 0.25) is 0 Å². The smallest absolute Gasteiger partial charge is 0.123 e. The molecule has 0 amide bonds. The van der Waals surface area contributed by atoms with E-state index in [1.165, 1.54) is 12.1 Å². The van der Waals surface area contributed by atoms with Crippen LogP contribution in [-0.2, 0) is 0 Å². The van der Waals surface area contributed by atoms with Crippen LogP contribution < -0.4 is 4.90 Å². The topological polar surface area (TPSA) is 39.9 Å².